The highest BCUT2D eigenvalue weighted by Gasteiger charge is 2.12. The van der Waals surface area contributed by atoms with Gasteiger partial charge in [0.1, 0.15) is 6.10 Å². The fourth-order valence-electron chi connectivity index (χ4n) is 4.11. The molecule has 0 rings (SSSR count). The Bertz CT molecular complexity index is 645. The standard InChI is InChI=1S/C33H56O4/c1-3-5-6-7-8-9-10-11-12-13-14-18-21-24-27-30-33(36)37-31(4-2)28-25-22-19-16-15-17-20-23-26-29-32(34)35/h5-6,8-9,11-12,14,18,31H,3-4,7,10,13,15-17,19-30H2,1-2H3,(H,34,35)/b6-5-,9-8-,12-11-,18-14-. The Labute approximate surface area is 228 Å². The Morgan fingerprint density at radius 1 is 0.622 bits per heavy atom. The van der Waals surface area contributed by atoms with Gasteiger partial charge in [-0.3, -0.25) is 9.59 Å². The van der Waals surface area contributed by atoms with Gasteiger partial charge in [-0.05, 0) is 70.6 Å². The van der Waals surface area contributed by atoms with Crippen molar-refractivity contribution in [3.63, 3.8) is 0 Å². The number of unbranched alkanes of at least 4 members (excludes halogenated alkanes) is 10. The minimum Gasteiger partial charge on any atom is -0.481 e. The predicted octanol–water partition coefficient (Wildman–Crippen LogP) is 10.0. The van der Waals surface area contributed by atoms with Gasteiger partial charge < -0.3 is 9.84 Å². The number of carbonyl (C=O) groups is 2. The molecule has 0 aromatic heterocycles. The number of esters is 1. The van der Waals surface area contributed by atoms with Crippen molar-refractivity contribution in [2.24, 2.45) is 0 Å². The lowest BCUT2D eigenvalue weighted by Crippen LogP contribution is -2.17. The molecule has 0 aromatic rings. The number of carbonyl (C=O) groups excluding carboxylic acids is 1. The van der Waals surface area contributed by atoms with Gasteiger partial charge in [-0.15, -0.1) is 0 Å². The van der Waals surface area contributed by atoms with Crippen LogP contribution in [-0.2, 0) is 14.3 Å². The third-order valence-electron chi connectivity index (χ3n) is 6.39. The highest BCUT2D eigenvalue weighted by Crippen LogP contribution is 2.15. The van der Waals surface area contributed by atoms with Crippen molar-refractivity contribution in [1.82, 2.24) is 0 Å². The predicted molar refractivity (Wildman–Crippen MR) is 158 cm³/mol. The van der Waals surface area contributed by atoms with E-state index in [-0.39, 0.29) is 12.1 Å². The summed E-state index contributed by atoms with van der Waals surface area (Å²) >= 11 is 0. The Morgan fingerprint density at radius 2 is 1.11 bits per heavy atom. The molecule has 1 N–H and O–H groups in total. The van der Waals surface area contributed by atoms with Gasteiger partial charge in [0.05, 0.1) is 0 Å². The zero-order valence-corrected chi connectivity index (χ0v) is 24.0. The minimum absolute atomic E-state index is 0.0418. The Morgan fingerprint density at radius 3 is 1.65 bits per heavy atom. The first kappa shape index (κ1) is 34.9. The zero-order chi connectivity index (χ0) is 27.2. The van der Waals surface area contributed by atoms with Crippen LogP contribution in [0, 0.1) is 0 Å². The van der Waals surface area contributed by atoms with Crippen LogP contribution in [0.25, 0.3) is 0 Å². The summed E-state index contributed by atoms with van der Waals surface area (Å²) in [6.45, 7) is 4.25. The van der Waals surface area contributed by atoms with Gasteiger partial charge in [-0.1, -0.05) is 107 Å². The SMILES string of the molecule is CC/C=C\C/C=C\C/C=C\C/C=C\CCCCC(=O)OC(CC)CCCCCCCCCCCC(=O)O. The second-order valence-electron chi connectivity index (χ2n) is 9.88. The molecule has 0 aliphatic rings. The van der Waals surface area contributed by atoms with Gasteiger partial charge in [0.15, 0.2) is 0 Å². The van der Waals surface area contributed by atoms with Crippen molar-refractivity contribution in [2.75, 3.05) is 0 Å². The molecule has 4 nitrogen and oxygen atoms in total. The topological polar surface area (TPSA) is 63.6 Å². The monoisotopic (exact) mass is 516 g/mol. The number of carboxylic acids is 1. The van der Waals surface area contributed by atoms with E-state index in [1.54, 1.807) is 0 Å². The van der Waals surface area contributed by atoms with E-state index < -0.39 is 5.97 Å². The van der Waals surface area contributed by atoms with E-state index in [0.717, 1.165) is 83.5 Å². The number of allylic oxidation sites excluding steroid dienone is 8. The number of hydrogen-bond donors (Lipinski definition) is 1. The minimum atomic E-state index is -0.686. The van der Waals surface area contributed by atoms with Crippen LogP contribution >= 0.6 is 0 Å². The molecule has 1 unspecified atom stereocenters. The maximum absolute atomic E-state index is 12.2. The molecule has 0 aliphatic heterocycles. The molecule has 0 saturated carbocycles. The summed E-state index contributed by atoms with van der Waals surface area (Å²) in [6, 6.07) is 0. The first-order valence-corrected chi connectivity index (χ1v) is 15.1. The first-order chi connectivity index (χ1) is 18.1. The number of hydrogen-bond acceptors (Lipinski definition) is 3. The molecule has 0 heterocycles. The van der Waals surface area contributed by atoms with Crippen LogP contribution in [-0.4, -0.2) is 23.1 Å². The highest BCUT2D eigenvalue weighted by molar-refractivity contribution is 5.69. The van der Waals surface area contributed by atoms with Gasteiger partial charge in [-0.25, -0.2) is 0 Å². The zero-order valence-electron chi connectivity index (χ0n) is 24.0. The van der Waals surface area contributed by atoms with Crippen LogP contribution in [0.3, 0.4) is 0 Å². The van der Waals surface area contributed by atoms with Crippen molar-refractivity contribution >= 4 is 11.9 Å². The fraction of sp³-hybridized carbons (Fsp3) is 0.697. The Hall–Kier alpha value is -2.10. The van der Waals surface area contributed by atoms with Gasteiger partial charge >= 0.3 is 11.9 Å². The molecule has 1 atom stereocenters. The van der Waals surface area contributed by atoms with Crippen LogP contribution in [0.1, 0.15) is 142 Å². The van der Waals surface area contributed by atoms with Crippen LogP contribution in [0.4, 0.5) is 0 Å². The van der Waals surface area contributed by atoms with Crippen LogP contribution in [0.2, 0.25) is 0 Å². The third kappa shape index (κ3) is 28.3. The molecule has 0 saturated heterocycles. The lowest BCUT2D eigenvalue weighted by Gasteiger charge is -2.16. The summed E-state index contributed by atoms with van der Waals surface area (Å²) in [5, 5.41) is 8.63. The fourth-order valence-corrected chi connectivity index (χ4v) is 4.11. The molecule has 37 heavy (non-hydrogen) atoms. The largest absolute Gasteiger partial charge is 0.481 e. The first-order valence-electron chi connectivity index (χ1n) is 15.1. The van der Waals surface area contributed by atoms with E-state index in [0.29, 0.717) is 12.8 Å². The van der Waals surface area contributed by atoms with E-state index in [1.165, 1.54) is 32.1 Å². The number of ether oxygens (including phenoxy) is 1. The summed E-state index contributed by atoms with van der Waals surface area (Å²) in [5.74, 6) is -0.728. The second kappa shape index (κ2) is 28.5. The number of aliphatic carboxylic acids is 1. The lowest BCUT2D eigenvalue weighted by molar-refractivity contribution is -0.149. The van der Waals surface area contributed by atoms with Crippen molar-refractivity contribution in [1.29, 1.82) is 0 Å². The molecule has 0 radical (unpaired) electrons. The molecule has 0 aliphatic carbocycles. The molecule has 0 aromatic carbocycles. The van der Waals surface area contributed by atoms with E-state index >= 15 is 0 Å². The van der Waals surface area contributed by atoms with Crippen molar-refractivity contribution in [3.8, 4) is 0 Å². The molecule has 212 valence electrons. The van der Waals surface area contributed by atoms with Gasteiger partial charge in [-0.2, -0.15) is 0 Å². The number of carboxylic acid groups (broad SMARTS) is 1. The van der Waals surface area contributed by atoms with Crippen molar-refractivity contribution in [3.05, 3.63) is 48.6 Å². The van der Waals surface area contributed by atoms with Gasteiger partial charge in [0.25, 0.3) is 0 Å². The molecular weight excluding hydrogens is 460 g/mol. The molecule has 0 fully saturated rings. The summed E-state index contributed by atoms with van der Waals surface area (Å²) in [7, 11) is 0. The number of rotatable bonds is 26. The molecule has 4 heteroatoms. The van der Waals surface area contributed by atoms with Crippen molar-refractivity contribution < 1.29 is 19.4 Å². The highest BCUT2D eigenvalue weighted by atomic mass is 16.5. The smallest absolute Gasteiger partial charge is 0.306 e. The van der Waals surface area contributed by atoms with E-state index in [9.17, 15) is 9.59 Å². The summed E-state index contributed by atoms with van der Waals surface area (Å²) in [6.07, 6.45) is 37.7. The normalized spacial score (nSPS) is 12.9. The molecular formula is C33H56O4. The molecule has 0 amide bonds. The van der Waals surface area contributed by atoms with Crippen LogP contribution in [0.5, 0.6) is 0 Å². The quantitative estimate of drug-likeness (QED) is 0.0705. The van der Waals surface area contributed by atoms with Gasteiger partial charge in [0.2, 0.25) is 0 Å². The summed E-state index contributed by atoms with van der Waals surface area (Å²) < 4.78 is 5.70. The average Bonchev–Trinajstić information content (AvgIpc) is 2.88. The maximum Gasteiger partial charge on any atom is 0.306 e. The molecule has 0 bridgehead atoms. The van der Waals surface area contributed by atoms with Crippen molar-refractivity contribution in [2.45, 2.75) is 148 Å². The van der Waals surface area contributed by atoms with E-state index in [2.05, 4.69) is 62.5 Å². The molecule has 0 spiro atoms. The van der Waals surface area contributed by atoms with Crippen LogP contribution in [0.15, 0.2) is 48.6 Å². The maximum atomic E-state index is 12.2. The van der Waals surface area contributed by atoms with E-state index in [1.807, 2.05) is 0 Å². The average molecular weight is 517 g/mol. The lowest BCUT2D eigenvalue weighted by atomic mass is 10.0. The van der Waals surface area contributed by atoms with Gasteiger partial charge in [0, 0.05) is 12.8 Å². The Kier molecular flexibility index (Phi) is 26.9. The van der Waals surface area contributed by atoms with Crippen LogP contribution < -0.4 is 0 Å². The Balaban J connectivity index is 3.61. The summed E-state index contributed by atoms with van der Waals surface area (Å²) in [5.41, 5.74) is 0. The van der Waals surface area contributed by atoms with E-state index in [4.69, 9.17) is 9.84 Å². The third-order valence-corrected chi connectivity index (χ3v) is 6.39. The summed E-state index contributed by atoms with van der Waals surface area (Å²) in [4.78, 5) is 22.7. The second-order valence-corrected chi connectivity index (χ2v) is 9.88.